The van der Waals surface area contributed by atoms with Gasteiger partial charge in [-0.2, -0.15) is 15.5 Å². The average Bonchev–Trinajstić information content (AvgIpc) is 3.41. The monoisotopic (exact) mass is 511 g/mol. The quantitative estimate of drug-likeness (QED) is 0.437. The predicted molar refractivity (Wildman–Crippen MR) is 129 cm³/mol. The van der Waals surface area contributed by atoms with Crippen LogP contribution in [0, 0.1) is 28.6 Å². The zero-order valence-corrected chi connectivity index (χ0v) is 19.6. The number of benzene rings is 2. The molecule has 1 aliphatic heterocycles. The van der Waals surface area contributed by atoms with Gasteiger partial charge in [0.05, 0.1) is 29.2 Å². The molecule has 4 N–H and O–H groups in total. The minimum Gasteiger partial charge on any atom is -0.424 e. The third-order valence-corrected chi connectivity index (χ3v) is 8.01. The second-order valence-corrected chi connectivity index (χ2v) is 10.4. The Morgan fingerprint density at radius 3 is 2.53 bits per heavy atom. The van der Waals surface area contributed by atoms with Gasteiger partial charge in [0.2, 0.25) is 0 Å². The van der Waals surface area contributed by atoms with Gasteiger partial charge in [0.1, 0.15) is 23.2 Å². The molecule has 1 aromatic heterocycles. The topological polar surface area (TPSA) is 156 Å². The van der Waals surface area contributed by atoms with Crippen LogP contribution in [0.15, 0.2) is 42.6 Å². The maximum Gasteiger partial charge on any atom is 0.323 e. The molecular weight excluding hydrogens is 492 g/mol. The van der Waals surface area contributed by atoms with E-state index in [0.29, 0.717) is 33.8 Å². The largest absolute Gasteiger partial charge is 0.424 e. The van der Waals surface area contributed by atoms with Crippen molar-refractivity contribution in [3.63, 3.8) is 0 Å². The summed E-state index contributed by atoms with van der Waals surface area (Å²) in [7, 11) is -2.04. The molecule has 0 saturated heterocycles. The Kier molecular flexibility index (Phi) is 5.37. The maximum absolute atomic E-state index is 13.5. The number of anilines is 3. The Balaban J connectivity index is 1.49. The van der Waals surface area contributed by atoms with Crippen LogP contribution in [0.4, 0.5) is 26.0 Å². The number of aromatic nitrogens is 2. The van der Waals surface area contributed by atoms with Gasteiger partial charge in [0.25, 0.3) is 5.92 Å². The number of hydrogen-bond donors (Lipinski definition) is 3. The van der Waals surface area contributed by atoms with Crippen LogP contribution in [-0.4, -0.2) is 38.6 Å². The van der Waals surface area contributed by atoms with E-state index in [2.05, 4.69) is 16.0 Å². The summed E-state index contributed by atoms with van der Waals surface area (Å²) in [5, 5.41) is 18.6. The SMILES string of the molecule is CN1c2cc(-c3cc(Oc4ncc(C#N)c(N)n4)ccc3C#N)ccc2N(CC2CC2(F)F)S1(O)O. The van der Waals surface area contributed by atoms with E-state index in [-0.39, 0.29) is 30.4 Å². The Morgan fingerprint density at radius 2 is 1.89 bits per heavy atom. The summed E-state index contributed by atoms with van der Waals surface area (Å²) in [6.45, 7) is -0.188. The molecule has 1 fully saturated rings. The van der Waals surface area contributed by atoms with Crippen LogP contribution in [0.2, 0.25) is 0 Å². The van der Waals surface area contributed by atoms with Gasteiger partial charge in [-0.05, 0) is 46.9 Å². The van der Waals surface area contributed by atoms with Crippen LogP contribution < -0.4 is 19.1 Å². The van der Waals surface area contributed by atoms with Crippen LogP contribution in [0.5, 0.6) is 11.8 Å². The molecular formula is C23H19F2N7O3S. The number of hydrogen-bond acceptors (Lipinski definition) is 10. The molecule has 0 bridgehead atoms. The third kappa shape index (κ3) is 3.89. The summed E-state index contributed by atoms with van der Waals surface area (Å²) in [4.78, 5) is 7.89. The van der Waals surface area contributed by atoms with Crippen LogP contribution >= 0.6 is 11.0 Å². The van der Waals surface area contributed by atoms with Gasteiger partial charge < -0.3 is 10.5 Å². The fraction of sp³-hybridized carbons (Fsp3) is 0.217. The zero-order chi connectivity index (χ0) is 25.8. The molecule has 1 aliphatic carbocycles. The van der Waals surface area contributed by atoms with Crippen molar-refractivity contribution in [1.29, 1.82) is 10.5 Å². The lowest BCUT2D eigenvalue weighted by Crippen LogP contribution is -2.33. The van der Waals surface area contributed by atoms with Crippen molar-refractivity contribution >= 4 is 28.2 Å². The molecule has 5 rings (SSSR count). The normalized spacial score (nSPS) is 19.7. The summed E-state index contributed by atoms with van der Waals surface area (Å²) in [6.07, 6.45) is 0.948. The summed E-state index contributed by atoms with van der Waals surface area (Å²) in [5.41, 5.74) is 8.03. The molecule has 184 valence electrons. The highest BCUT2D eigenvalue weighted by Gasteiger charge is 2.59. The lowest BCUT2D eigenvalue weighted by Gasteiger charge is -2.42. The molecule has 2 heterocycles. The first-order valence-electron chi connectivity index (χ1n) is 10.6. The van der Waals surface area contributed by atoms with Gasteiger partial charge in [0, 0.05) is 31.5 Å². The summed E-state index contributed by atoms with van der Waals surface area (Å²) in [6, 6.07) is 13.5. The van der Waals surface area contributed by atoms with Gasteiger partial charge in [0.15, 0.2) is 0 Å². The van der Waals surface area contributed by atoms with Crippen LogP contribution in [0.3, 0.4) is 0 Å². The molecule has 1 unspecified atom stereocenters. The minimum atomic E-state index is -3.51. The number of nitriles is 2. The van der Waals surface area contributed by atoms with Crippen molar-refractivity contribution in [3.8, 4) is 35.0 Å². The maximum atomic E-state index is 13.5. The zero-order valence-electron chi connectivity index (χ0n) is 18.8. The van der Waals surface area contributed by atoms with E-state index in [1.807, 2.05) is 6.07 Å². The third-order valence-electron chi connectivity index (χ3n) is 6.14. The van der Waals surface area contributed by atoms with Crippen molar-refractivity contribution in [2.45, 2.75) is 12.3 Å². The smallest absolute Gasteiger partial charge is 0.323 e. The predicted octanol–water partition coefficient (Wildman–Crippen LogP) is 4.75. The van der Waals surface area contributed by atoms with Crippen molar-refractivity contribution < 1.29 is 22.6 Å². The first-order chi connectivity index (χ1) is 17.0. The van der Waals surface area contributed by atoms with Crippen LogP contribution in [0.25, 0.3) is 11.1 Å². The summed E-state index contributed by atoms with van der Waals surface area (Å²) >= 11 is 0. The highest BCUT2D eigenvalue weighted by molar-refractivity contribution is 8.26. The highest BCUT2D eigenvalue weighted by Crippen LogP contribution is 2.63. The van der Waals surface area contributed by atoms with Gasteiger partial charge in [-0.3, -0.25) is 17.7 Å². The van der Waals surface area contributed by atoms with Crippen molar-refractivity contribution in [2.75, 3.05) is 27.9 Å². The van der Waals surface area contributed by atoms with Gasteiger partial charge in [-0.15, -0.1) is 0 Å². The molecule has 2 aliphatic rings. The second kappa shape index (κ2) is 8.20. The molecule has 2 aromatic carbocycles. The lowest BCUT2D eigenvalue weighted by atomic mass is 9.99. The van der Waals surface area contributed by atoms with Gasteiger partial charge >= 0.3 is 6.01 Å². The fourth-order valence-electron chi connectivity index (χ4n) is 3.97. The number of nitrogens with two attached hydrogens (primary N) is 1. The molecule has 1 saturated carbocycles. The first kappa shape index (κ1) is 23.6. The summed E-state index contributed by atoms with van der Waals surface area (Å²) in [5.74, 6) is -3.49. The molecule has 3 aromatic rings. The number of nitrogens with zero attached hydrogens (tertiary/aromatic N) is 6. The van der Waals surface area contributed by atoms with E-state index in [1.54, 1.807) is 36.4 Å². The van der Waals surface area contributed by atoms with E-state index >= 15 is 0 Å². The Hall–Kier alpha value is -4.17. The standard InChI is InChI=1S/C23H19F2N7O3S/c1-31-20-6-13(3-5-19(20)32(36(31,33)34)12-16-8-23(16,24)25)18-7-17(4-2-14(18)9-26)35-22-29-11-15(10-27)21(28)30-22/h2-7,11,16,33-34H,8,12H2,1H3,(H2,28,29,30). The molecule has 10 nitrogen and oxygen atoms in total. The highest BCUT2D eigenvalue weighted by atomic mass is 32.3. The second-order valence-electron chi connectivity index (χ2n) is 8.40. The van der Waals surface area contributed by atoms with E-state index in [9.17, 15) is 23.1 Å². The van der Waals surface area contributed by atoms with Crippen LogP contribution in [0.1, 0.15) is 17.5 Å². The summed E-state index contributed by atoms with van der Waals surface area (Å²) < 4.78 is 56.7. The average molecular weight is 512 g/mol. The number of fused-ring (bicyclic) bond motifs is 1. The number of alkyl halides is 2. The minimum absolute atomic E-state index is 0.0365. The van der Waals surface area contributed by atoms with E-state index in [1.165, 1.54) is 21.9 Å². The number of ether oxygens (including phenoxy) is 1. The van der Waals surface area contributed by atoms with Crippen molar-refractivity contribution in [2.24, 2.45) is 5.92 Å². The van der Waals surface area contributed by atoms with Gasteiger partial charge in [-0.1, -0.05) is 6.07 Å². The molecule has 0 radical (unpaired) electrons. The molecule has 1 atom stereocenters. The first-order valence-corrected chi connectivity index (χ1v) is 12.1. The lowest BCUT2D eigenvalue weighted by molar-refractivity contribution is 0.101. The van der Waals surface area contributed by atoms with Gasteiger partial charge in [-0.25, -0.2) is 13.8 Å². The molecule has 13 heteroatoms. The molecule has 0 spiro atoms. The Bertz CT molecular complexity index is 1470. The van der Waals surface area contributed by atoms with Crippen molar-refractivity contribution in [3.05, 3.63) is 53.7 Å². The fourth-order valence-corrected chi connectivity index (χ4v) is 5.48. The van der Waals surface area contributed by atoms with Crippen molar-refractivity contribution in [1.82, 2.24) is 9.97 Å². The number of rotatable bonds is 5. The number of nitrogen functional groups attached to an aromatic ring is 1. The van der Waals surface area contributed by atoms with E-state index in [0.717, 1.165) is 0 Å². The van der Waals surface area contributed by atoms with E-state index in [4.69, 9.17) is 15.7 Å². The van der Waals surface area contributed by atoms with E-state index < -0.39 is 22.8 Å². The Labute approximate surface area is 206 Å². The number of halogens is 2. The molecule has 0 amide bonds. The molecule has 36 heavy (non-hydrogen) atoms. The Morgan fingerprint density at radius 1 is 1.17 bits per heavy atom. The van der Waals surface area contributed by atoms with Crippen LogP contribution in [-0.2, 0) is 0 Å².